The van der Waals surface area contributed by atoms with Crippen molar-refractivity contribution in [2.45, 2.75) is 23.8 Å². The number of aromatic nitrogens is 2. The first kappa shape index (κ1) is 25.0. The molecule has 2 heterocycles. The van der Waals surface area contributed by atoms with E-state index >= 15 is 0 Å². The molecule has 0 unspecified atom stereocenters. The molecule has 0 saturated carbocycles. The van der Waals surface area contributed by atoms with Gasteiger partial charge in [0.25, 0.3) is 5.91 Å². The molecule has 34 heavy (non-hydrogen) atoms. The van der Waals surface area contributed by atoms with E-state index in [1.807, 2.05) is 6.07 Å². The van der Waals surface area contributed by atoms with Gasteiger partial charge in [-0.1, -0.05) is 23.7 Å². The van der Waals surface area contributed by atoms with E-state index in [4.69, 9.17) is 16.3 Å². The van der Waals surface area contributed by atoms with Crippen LogP contribution in [0.4, 0.5) is 0 Å². The lowest BCUT2D eigenvalue weighted by molar-refractivity contribution is 0.0958. The lowest BCUT2D eigenvalue weighted by atomic mass is 9.97. The summed E-state index contributed by atoms with van der Waals surface area (Å²) in [5.41, 5.74) is 2.41. The Morgan fingerprint density at radius 3 is 2.56 bits per heavy atom. The van der Waals surface area contributed by atoms with Gasteiger partial charge in [-0.25, -0.2) is 4.98 Å². The van der Waals surface area contributed by atoms with Crippen molar-refractivity contribution in [3.05, 3.63) is 70.1 Å². The Bertz CT molecular complexity index is 1280. The molecule has 0 aliphatic carbocycles. The van der Waals surface area contributed by atoms with Crippen LogP contribution in [0.1, 0.15) is 34.1 Å². The van der Waals surface area contributed by atoms with Crippen LogP contribution >= 0.6 is 23.4 Å². The Kier molecular flexibility index (Phi) is 8.44. The van der Waals surface area contributed by atoms with E-state index in [0.29, 0.717) is 27.7 Å². The van der Waals surface area contributed by atoms with Gasteiger partial charge in [0.15, 0.2) is 0 Å². The summed E-state index contributed by atoms with van der Waals surface area (Å²) in [6.07, 6.45) is 0.929. The smallest absolute Gasteiger partial charge is 0.269 e. The molecule has 3 aromatic rings. The monoisotopic (exact) mass is 493 g/mol. The normalized spacial score (nSPS) is 11.2. The number of rotatable bonds is 8. The number of aliphatic hydroxyl groups is 1. The van der Waals surface area contributed by atoms with Gasteiger partial charge in [-0.2, -0.15) is 10.5 Å². The fourth-order valence-electron chi connectivity index (χ4n) is 3.04. The molecule has 2 aromatic heterocycles. The maximum absolute atomic E-state index is 11.9. The molecule has 1 aromatic carbocycles. The Labute approximate surface area is 206 Å². The number of nitrogens with one attached hydrogen (secondary N) is 1. The third kappa shape index (κ3) is 5.83. The number of thioether (sulfide) groups is 1. The minimum Gasteiger partial charge on any atom is -0.491 e. The van der Waals surface area contributed by atoms with Gasteiger partial charge in [0.1, 0.15) is 40.4 Å². The highest BCUT2D eigenvalue weighted by Gasteiger charge is 2.21. The van der Waals surface area contributed by atoms with Gasteiger partial charge in [0, 0.05) is 24.6 Å². The molecule has 0 spiro atoms. The number of ether oxygens (including phenoxy) is 1. The highest BCUT2D eigenvalue weighted by atomic mass is 35.5. The molecule has 2 N–H and O–H groups in total. The molecule has 3 rings (SSSR count). The zero-order chi connectivity index (χ0) is 24.7. The first-order valence-electron chi connectivity index (χ1n) is 10.1. The zero-order valence-electron chi connectivity index (χ0n) is 18.4. The number of amides is 1. The number of aliphatic hydroxyl groups excluding tert-OH is 1. The number of nitrogens with zero attached hydrogens (tertiary/aromatic N) is 4. The molecule has 172 valence electrons. The van der Waals surface area contributed by atoms with Crippen LogP contribution in [-0.4, -0.2) is 40.7 Å². The lowest BCUT2D eigenvalue weighted by Gasteiger charge is -2.13. The molecule has 8 nitrogen and oxygen atoms in total. The van der Waals surface area contributed by atoms with E-state index in [1.165, 1.54) is 25.0 Å². The summed E-state index contributed by atoms with van der Waals surface area (Å²) in [5, 5.41) is 31.9. The molecule has 1 atom stereocenters. The lowest BCUT2D eigenvalue weighted by Crippen LogP contribution is -2.19. The van der Waals surface area contributed by atoms with E-state index in [9.17, 15) is 20.4 Å². The van der Waals surface area contributed by atoms with Gasteiger partial charge < -0.3 is 15.2 Å². The fraction of sp³-hybridized carbons (Fsp3) is 0.208. The predicted molar refractivity (Wildman–Crippen MR) is 128 cm³/mol. The average molecular weight is 494 g/mol. The SMILES string of the molecule is CNC(=O)c1cc(CSc2nc(Cl)c(C#N)c(-c3ccc(OC[C@H](C)O)cc3)c2C#N)ccn1. The van der Waals surface area contributed by atoms with Gasteiger partial charge in [0.2, 0.25) is 0 Å². The number of halogens is 1. The molecule has 10 heteroatoms. The van der Waals surface area contributed by atoms with Crippen molar-refractivity contribution in [3.8, 4) is 29.0 Å². The van der Waals surface area contributed by atoms with Gasteiger partial charge in [-0.3, -0.25) is 9.78 Å². The van der Waals surface area contributed by atoms with Crippen molar-refractivity contribution in [2.24, 2.45) is 0 Å². The van der Waals surface area contributed by atoms with Gasteiger partial charge in [-0.05, 0) is 42.3 Å². The van der Waals surface area contributed by atoms with Gasteiger partial charge >= 0.3 is 0 Å². The second kappa shape index (κ2) is 11.5. The summed E-state index contributed by atoms with van der Waals surface area (Å²) in [6, 6.07) is 14.5. The highest BCUT2D eigenvalue weighted by molar-refractivity contribution is 7.98. The Morgan fingerprint density at radius 2 is 1.94 bits per heavy atom. The highest BCUT2D eigenvalue weighted by Crippen LogP contribution is 2.37. The molecule has 0 aliphatic heterocycles. The van der Waals surface area contributed by atoms with Crippen LogP contribution in [0.3, 0.4) is 0 Å². The second-order valence-electron chi connectivity index (χ2n) is 7.16. The number of hydrogen-bond donors (Lipinski definition) is 2. The summed E-state index contributed by atoms with van der Waals surface area (Å²) in [4.78, 5) is 20.2. The second-order valence-corrected chi connectivity index (χ2v) is 8.48. The number of carbonyl (C=O) groups is 1. The number of pyridine rings is 2. The maximum Gasteiger partial charge on any atom is 0.269 e. The Hall–Kier alpha value is -3.63. The summed E-state index contributed by atoms with van der Waals surface area (Å²) in [7, 11) is 1.53. The van der Waals surface area contributed by atoms with Gasteiger partial charge in [0.05, 0.1) is 17.2 Å². The minimum absolute atomic E-state index is 0.00536. The van der Waals surface area contributed by atoms with Crippen molar-refractivity contribution in [1.29, 1.82) is 10.5 Å². The standard InChI is InChI=1S/C24H20ClN5O3S/c1-14(31)12-33-17-5-3-16(4-6-17)21-18(10-26)22(25)30-24(19(21)11-27)34-13-15-7-8-29-20(9-15)23(32)28-2/h3-9,14,31H,12-13H2,1-2H3,(H,28,32)/t14-/m0/s1. The van der Waals surface area contributed by atoms with E-state index < -0.39 is 6.10 Å². The number of hydrogen-bond acceptors (Lipinski definition) is 8. The molecule has 0 radical (unpaired) electrons. The molecule has 0 saturated heterocycles. The molecular formula is C24H20ClN5O3S. The van der Waals surface area contributed by atoms with E-state index in [1.54, 1.807) is 43.3 Å². The van der Waals surface area contributed by atoms with Crippen LogP contribution in [0.15, 0.2) is 47.6 Å². The van der Waals surface area contributed by atoms with Crippen molar-refractivity contribution >= 4 is 29.3 Å². The van der Waals surface area contributed by atoms with Crippen LogP contribution in [0.2, 0.25) is 5.15 Å². The predicted octanol–water partition coefficient (Wildman–Crippen LogP) is 3.95. The van der Waals surface area contributed by atoms with E-state index in [-0.39, 0.29) is 34.5 Å². The Balaban J connectivity index is 1.96. The summed E-state index contributed by atoms with van der Waals surface area (Å²) >= 11 is 7.59. The van der Waals surface area contributed by atoms with Crippen molar-refractivity contribution in [2.75, 3.05) is 13.7 Å². The quantitative estimate of drug-likeness (QED) is 0.356. The minimum atomic E-state index is -0.610. The fourth-order valence-corrected chi connectivity index (χ4v) is 4.24. The van der Waals surface area contributed by atoms with E-state index in [2.05, 4.69) is 21.4 Å². The molecule has 0 aliphatic rings. The van der Waals surface area contributed by atoms with Crippen LogP contribution < -0.4 is 10.1 Å². The van der Waals surface area contributed by atoms with Crippen LogP contribution in [0.25, 0.3) is 11.1 Å². The molecule has 1 amide bonds. The van der Waals surface area contributed by atoms with Gasteiger partial charge in [-0.15, -0.1) is 11.8 Å². The number of nitriles is 2. The first-order valence-corrected chi connectivity index (χ1v) is 11.5. The van der Waals surface area contributed by atoms with E-state index in [0.717, 1.165) is 5.56 Å². The topological polar surface area (TPSA) is 132 Å². The molecular weight excluding hydrogens is 474 g/mol. The first-order chi connectivity index (χ1) is 16.4. The molecule has 0 fully saturated rings. The summed E-state index contributed by atoms with van der Waals surface area (Å²) in [5.74, 6) is 0.649. The number of benzene rings is 1. The third-order valence-electron chi connectivity index (χ3n) is 4.64. The van der Waals surface area contributed by atoms with Crippen molar-refractivity contribution < 1.29 is 14.6 Å². The third-order valence-corrected chi connectivity index (χ3v) is 5.96. The Morgan fingerprint density at radius 1 is 1.24 bits per heavy atom. The average Bonchev–Trinajstić information content (AvgIpc) is 2.85. The van der Waals surface area contributed by atoms with Crippen molar-refractivity contribution in [3.63, 3.8) is 0 Å². The van der Waals surface area contributed by atoms with Crippen LogP contribution in [-0.2, 0) is 5.75 Å². The number of carbonyl (C=O) groups excluding carboxylic acids is 1. The summed E-state index contributed by atoms with van der Waals surface area (Å²) in [6.45, 7) is 1.76. The summed E-state index contributed by atoms with van der Waals surface area (Å²) < 4.78 is 5.48. The van der Waals surface area contributed by atoms with Crippen molar-refractivity contribution in [1.82, 2.24) is 15.3 Å². The van der Waals surface area contributed by atoms with Crippen LogP contribution in [0.5, 0.6) is 5.75 Å². The molecule has 0 bridgehead atoms. The largest absolute Gasteiger partial charge is 0.491 e. The maximum atomic E-state index is 11.9. The zero-order valence-corrected chi connectivity index (χ0v) is 19.9. The van der Waals surface area contributed by atoms with Crippen LogP contribution in [0, 0.1) is 22.7 Å².